The van der Waals surface area contributed by atoms with Crippen LogP contribution in [-0.2, 0) is 16.4 Å². The van der Waals surface area contributed by atoms with Gasteiger partial charge in [-0.2, -0.15) is 4.31 Å². The van der Waals surface area contributed by atoms with Crippen LogP contribution >= 0.6 is 0 Å². The van der Waals surface area contributed by atoms with Crippen molar-refractivity contribution >= 4 is 10.0 Å². The van der Waals surface area contributed by atoms with Crippen LogP contribution in [0.3, 0.4) is 0 Å². The van der Waals surface area contributed by atoms with Crippen molar-refractivity contribution in [1.29, 1.82) is 0 Å². The Morgan fingerprint density at radius 2 is 2.00 bits per heavy atom. The summed E-state index contributed by atoms with van der Waals surface area (Å²) in [6.07, 6.45) is 2.43. The van der Waals surface area contributed by atoms with Crippen molar-refractivity contribution in [2.75, 3.05) is 26.2 Å². The molecule has 1 aliphatic rings. The lowest BCUT2D eigenvalue weighted by Gasteiger charge is -2.30. The summed E-state index contributed by atoms with van der Waals surface area (Å²) in [7, 11) is -3.45. The van der Waals surface area contributed by atoms with Crippen LogP contribution in [0.2, 0.25) is 0 Å². The summed E-state index contributed by atoms with van der Waals surface area (Å²) in [6.45, 7) is 1.53. The fourth-order valence-electron chi connectivity index (χ4n) is 2.54. The maximum atomic E-state index is 12.5. The summed E-state index contributed by atoms with van der Waals surface area (Å²) in [5.74, 6) is 0.0510. The van der Waals surface area contributed by atoms with Crippen molar-refractivity contribution in [2.24, 2.45) is 11.7 Å². The number of rotatable bonds is 5. The van der Waals surface area contributed by atoms with E-state index in [0.29, 0.717) is 24.5 Å². The van der Waals surface area contributed by atoms with Crippen molar-refractivity contribution in [3.63, 3.8) is 0 Å². The highest BCUT2D eigenvalue weighted by molar-refractivity contribution is 7.89. The van der Waals surface area contributed by atoms with E-state index in [9.17, 15) is 13.5 Å². The quantitative estimate of drug-likeness (QED) is 0.833. The Kier molecular flexibility index (Phi) is 5.15. The van der Waals surface area contributed by atoms with Crippen molar-refractivity contribution in [3.05, 3.63) is 29.8 Å². The fraction of sp³-hybridized carbons (Fsp3) is 0.571. The lowest BCUT2D eigenvalue weighted by Crippen LogP contribution is -2.40. The van der Waals surface area contributed by atoms with Crippen molar-refractivity contribution < 1.29 is 13.5 Å². The van der Waals surface area contributed by atoms with E-state index in [1.807, 2.05) is 12.1 Å². The van der Waals surface area contributed by atoms with E-state index >= 15 is 0 Å². The normalized spacial score (nSPS) is 21.0. The van der Waals surface area contributed by atoms with Crippen molar-refractivity contribution in [1.82, 2.24) is 4.31 Å². The summed E-state index contributed by atoms with van der Waals surface area (Å²) < 4.78 is 26.6. The second kappa shape index (κ2) is 6.67. The Hall–Kier alpha value is -0.950. The minimum absolute atomic E-state index is 0.0431. The first-order valence-electron chi connectivity index (χ1n) is 6.98. The van der Waals surface area contributed by atoms with E-state index in [0.717, 1.165) is 24.8 Å². The van der Waals surface area contributed by atoms with Gasteiger partial charge in [-0.25, -0.2) is 8.42 Å². The van der Waals surface area contributed by atoms with Crippen LogP contribution < -0.4 is 5.73 Å². The molecule has 0 radical (unpaired) electrons. The highest BCUT2D eigenvalue weighted by atomic mass is 32.2. The molecule has 1 unspecified atom stereocenters. The molecule has 0 bridgehead atoms. The third-order valence-electron chi connectivity index (χ3n) is 3.73. The van der Waals surface area contributed by atoms with E-state index in [2.05, 4.69) is 0 Å². The molecule has 0 saturated carbocycles. The molecule has 1 atom stereocenters. The Bertz CT molecular complexity index is 528. The number of piperidine rings is 1. The standard InChI is InChI=1S/C14H22N2O3S/c15-8-7-12-3-5-14(6-4-12)20(18,19)16-9-1-2-13(10-16)11-17/h3-6,13,17H,1-2,7-11,15H2. The first kappa shape index (κ1) is 15.4. The second-order valence-electron chi connectivity index (χ2n) is 5.24. The van der Waals surface area contributed by atoms with Crippen LogP contribution in [0.25, 0.3) is 0 Å². The van der Waals surface area contributed by atoms with Crippen molar-refractivity contribution in [2.45, 2.75) is 24.2 Å². The molecule has 0 amide bonds. The zero-order valence-corrected chi connectivity index (χ0v) is 12.3. The average Bonchev–Trinajstić information content (AvgIpc) is 2.48. The molecular weight excluding hydrogens is 276 g/mol. The van der Waals surface area contributed by atoms with Gasteiger partial charge in [-0.05, 0) is 49.4 Å². The number of benzene rings is 1. The van der Waals surface area contributed by atoms with Gasteiger partial charge < -0.3 is 10.8 Å². The minimum Gasteiger partial charge on any atom is -0.396 e. The van der Waals surface area contributed by atoms with Gasteiger partial charge in [0.2, 0.25) is 10.0 Å². The SMILES string of the molecule is NCCc1ccc(S(=O)(=O)N2CCCC(CO)C2)cc1. The van der Waals surface area contributed by atoms with E-state index < -0.39 is 10.0 Å². The predicted octanol–water partition coefficient (Wildman–Crippen LogP) is 0.581. The second-order valence-corrected chi connectivity index (χ2v) is 7.17. The monoisotopic (exact) mass is 298 g/mol. The zero-order chi connectivity index (χ0) is 14.6. The number of nitrogens with zero attached hydrogens (tertiary/aromatic N) is 1. The molecule has 1 aliphatic heterocycles. The van der Waals surface area contributed by atoms with Gasteiger partial charge in [0, 0.05) is 19.7 Å². The summed E-state index contributed by atoms with van der Waals surface area (Å²) in [5.41, 5.74) is 6.52. The molecule has 20 heavy (non-hydrogen) atoms. The Morgan fingerprint density at radius 1 is 1.30 bits per heavy atom. The van der Waals surface area contributed by atoms with Gasteiger partial charge in [-0.3, -0.25) is 0 Å². The average molecular weight is 298 g/mol. The number of aliphatic hydroxyl groups is 1. The molecule has 1 fully saturated rings. The van der Waals surface area contributed by atoms with Gasteiger partial charge in [0.05, 0.1) is 4.90 Å². The molecule has 0 aromatic heterocycles. The van der Waals surface area contributed by atoms with E-state index in [1.54, 1.807) is 12.1 Å². The maximum Gasteiger partial charge on any atom is 0.243 e. The molecular formula is C14H22N2O3S. The molecule has 112 valence electrons. The van der Waals surface area contributed by atoms with Gasteiger partial charge in [0.15, 0.2) is 0 Å². The lowest BCUT2D eigenvalue weighted by molar-refractivity contribution is 0.165. The number of nitrogens with two attached hydrogens (primary N) is 1. The summed E-state index contributed by atoms with van der Waals surface area (Å²) in [4.78, 5) is 0.317. The van der Waals surface area contributed by atoms with Crippen LogP contribution in [0.5, 0.6) is 0 Å². The summed E-state index contributed by atoms with van der Waals surface area (Å²) in [5, 5.41) is 9.21. The minimum atomic E-state index is -3.45. The van der Waals surface area contributed by atoms with Gasteiger partial charge in [-0.1, -0.05) is 12.1 Å². The van der Waals surface area contributed by atoms with Crippen LogP contribution in [0.4, 0.5) is 0 Å². The van der Waals surface area contributed by atoms with Gasteiger partial charge in [-0.15, -0.1) is 0 Å². The number of hydrogen-bond donors (Lipinski definition) is 2. The number of hydrogen-bond acceptors (Lipinski definition) is 4. The molecule has 1 heterocycles. The topological polar surface area (TPSA) is 83.6 Å². The van der Waals surface area contributed by atoms with Crippen LogP contribution in [0.1, 0.15) is 18.4 Å². The van der Waals surface area contributed by atoms with E-state index in [1.165, 1.54) is 4.31 Å². The number of aliphatic hydroxyl groups excluding tert-OH is 1. The zero-order valence-electron chi connectivity index (χ0n) is 11.5. The molecule has 1 saturated heterocycles. The van der Waals surface area contributed by atoms with Gasteiger partial charge >= 0.3 is 0 Å². The molecule has 3 N–H and O–H groups in total. The summed E-state index contributed by atoms with van der Waals surface area (Å²) >= 11 is 0. The third kappa shape index (κ3) is 3.38. The first-order valence-corrected chi connectivity index (χ1v) is 8.42. The molecule has 6 heteroatoms. The third-order valence-corrected chi connectivity index (χ3v) is 5.61. The van der Waals surface area contributed by atoms with E-state index in [-0.39, 0.29) is 12.5 Å². The Balaban J connectivity index is 2.16. The largest absolute Gasteiger partial charge is 0.396 e. The van der Waals surface area contributed by atoms with Crippen LogP contribution in [0.15, 0.2) is 29.2 Å². The Morgan fingerprint density at radius 3 is 2.60 bits per heavy atom. The highest BCUT2D eigenvalue weighted by Gasteiger charge is 2.29. The number of sulfonamides is 1. The Labute approximate surface area is 120 Å². The maximum absolute atomic E-state index is 12.5. The molecule has 1 aromatic carbocycles. The lowest BCUT2D eigenvalue weighted by atomic mass is 10.0. The predicted molar refractivity (Wildman–Crippen MR) is 77.8 cm³/mol. The first-order chi connectivity index (χ1) is 9.57. The van der Waals surface area contributed by atoms with Crippen molar-refractivity contribution in [3.8, 4) is 0 Å². The van der Waals surface area contributed by atoms with Crippen LogP contribution in [-0.4, -0.2) is 44.1 Å². The molecule has 0 spiro atoms. The molecule has 2 rings (SSSR count). The van der Waals surface area contributed by atoms with Gasteiger partial charge in [0.25, 0.3) is 0 Å². The fourth-order valence-corrected chi connectivity index (χ4v) is 4.09. The smallest absolute Gasteiger partial charge is 0.243 e. The van der Waals surface area contributed by atoms with Crippen LogP contribution in [0, 0.1) is 5.92 Å². The molecule has 0 aliphatic carbocycles. The molecule has 5 nitrogen and oxygen atoms in total. The van der Waals surface area contributed by atoms with Gasteiger partial charge in [0.1, 0.15) is 0 Å². The van der Waals surface area contributed by atoms with E-state index in [4.69, 9.17) is 5.73 Å². The highest BCUT2D eigenvalue weighted by Crippen LogP contribution is 2.23. The molecule has 1 aromatic rings. The summed E-state index contributed by atoms with van der Waals surface area (Å²) in [6, 6.07) is 6.91.